The van der Waals surface area contributed by atoms with Crippen LogP contribution in [-0.4, -0.2) is 73.0 Å². The van der Waals surface area contributed by atoms with E-state index in [1.165, 1.54) is 0 Å². The molecule has 2 N–H and O–H groups in total. The molecule has 0 saturated carbocycles. The van der Waals surface area contributed by atoms with Gasteiger partial charge in [0.1, 0.15) is 5.82 Å². The number of anilines is 1. The highest BCUT2D eigenvalue weighted by Gasteiger charge is 2.20. The number of piperazine rings is 1. The van der Waals surface area contributed by atoms with Gasteiger partial charge in [-0.25, -0.2) is 4.98 Å². The average Bonchev–Trinajstić information content (AvgIpc) is 2.57. The van der Waals surface area contributed by atoms with Crippen LogP contribution in [0.5, 0.6) is 0 Å². The number of rotatable bonds is 4. The van der Waals surface area contributed by atoms with E-state index in [1.807, 2.05) is 4.90 Å². The molecule has 10 heteroatoms. The third kappa shape index (κ3) is 6.67. The standard InChI is InChI=1S/C15H22Cl2N6O.HI/c1-11(24)22-5-7-23(8-6-22)15(18-2)20-4-3-19-14-13(17)9-12(16)10-21-14;/h9-10H,3-8H2,1-2H3,(H,18,20)(H,19,21);1H. The third-order valence-electron chi connectivity index (χ3n) is 3.74. The Kier molecular flexibility index (Phi) is 9.58. The SMILES string of the molecule is CN=C(NCCNc1ncc(Cl)cc1Cl)N1CCN(C(C)=O)CC1.I. The van der Waals surface area contributed by atoms with Gasteiger partial charge in [-0.1, -0.05) is 23.2 Å². The van der Waals surface area contributed by atoms with Crippen molar-refractivity contribution in [1.29, 1.82) is 0 Å². The Morgan fingerprint density at radius 2 is 1.88 bits per heavy atom. The third-order valence-corrected chi connectivity index (χ3v) is 4.24. The Morgan fingerprint density at radius 1 is 1.24 bits per heavy atom. The number of carbonyl (C=O) groups excluding carboxylic acids is 1. The number of aromatic nitrogens is 1. The number of pyridine rings is 1. The molecule has 7 nitrogen and oxygen atoms in total. The summed E-state index contributed by atoms with van der Waals surface area (Å²) in [6.07, 6.45) is 1.55. The van der Waals surface area contributed by atoms with E-state index in [1.54, 1.807) is 26.2 Å². The van der Waals surface area contributed by atoms with Crippen molar-refractivity contribution in [2.75, 3.05) is 51.6 Å². The number of nitrogens with zero attached hydrogens (tertiary/aromatic N) is 4. The van der Waals surface area contributed by atoms with E-state index in [9.17, 15) is 4.79 Å². The molecular formula is C15H23Cl2IN6O. The number of amides is 1. The lowest BCUT2D eigenvalue weighted by molar-refractivity contribution is -0.130. The highest BCUT2D eigenvalue weighted by atomic mass is 127. The molecule has 0 radical (unpaired) electrons. The highest BCUT2D eigenvalue weighted by Crippen LogP contribution is 2.21. The normalized spacial score (nSPS) is 14.8. The smallest absolute Gasteiger partial charge is 0.219 e. The van der Waals surface area contributed by atoms with Gasteiger partial charge in [0, 0.05) is 59.4 Å². The number of halogens is 3. The van der Waals surface area contributed by atoms with Gasteiger partial charge in [0.15, 0.2) is 5.96 Å². The number of hydrogen-bond acceptors (Lipinski definition) is 4. The lowest BCUT2D eigenvalue weighted by atomic mass is 10.3. The van der Waals surface area contributed by atoms with Crippen LogP contribution in [0.4, 0.5) is 5.82 Å². The Hall–Kier alpha value is -1.000. The molecule has 1 amide bonds. The van der Waals surface area contributed by atoms with Crippen LogP contribution in [0.3, 0.4) is 0 Å². The van der Waals surface area contributed by atoms with Crippen LogP contribution in [0.2, 0.25) is 10.0 Å². The Labute approximate surface area is 175 Å². The first-order valence-corrected chi connectivity index (χ1v) is 8.53. The molecule has 1 aliphatic heterocycles. The number of nitrogens with one attached hydrogen (secondary N) is 2. The van der Waals surface area contributed by atoms with Crippen LogP contribution in [-0.2, 0) is 4.79 Å². The number of carbonyl (C=O) groups is 1. The van der Waals surface area contributed by atoms with E-state index in [-0.39, 0.29) is 29.9 Å². The van der Waals surface area contributed by atoms with E-state index in [2.05, 4.69) is 25.5 Å². The van der Waals surface area contributed by atoms with E-state index >= 15 is 0 Å². The molecule has 2 heterocycles. The summed E-state index contributed by atoms with van der Waals surface area (Å²) in [5, 5.41) is 7.45. The van der Waals surface area contributed by atoms with Gasteiger partial charge in [0.25, 0.3) is 0 Å². The summed E-state index contributed by atoms with van der Waals surface area (Å²) in [5.74, 6) is 1.55. The van der Waals surface area contributed by atoms with Gasteiger partial charge in [0.05, 0.1) is 10.0 Å². The van der Waals surface area contributed by atoms with E-state index in [0.29, 0.717) is 29.0 Å². The van der Waals surface area contributed by atoms with Crippen LogP contribution in [0.15, 0.2) is 17.3 Å². The molecule has 0 unspecified atom stereocenters. The minimum Gasteiger partial charge on any atom is -0.367 e. The van der Waals surface area contributed by atoms with Crippen molar-refractivity contribution >= 4 is 64.9 Å². The largest absolute Gasteiger partial charge is 0.367 e. The zero-order chi connectivity index (χ0) is 17.5. The quantitative estimate of drug-likeness (QED) is 0.287. The number of guanidine groups is 1. The van der Waals surface area contributed by atoms with Crippen LogP contribution in [0.25, 0.3) is 0 Å². The van der Waals surface area contributed by atoms with Crippen LogP contribution in [0.1, 0.15) is 6.92 Å². The monoisotopic (exact) mass is 500 g/mol. The van der Waals surface area contributed by atoms with E-state index < -0.39 is 0 Å². The molecule has 0 aromatic carbocycles. The maximum absolute atomic E-state index is 11.4. The number of aliphatic imine (C=N–C) groups is 1. The Bertz CT molecular complexity index is 608. The summed E-state index contributed by atoms with van der Waals surface area (Å²) in [5.41, 5.74) is 0. The van der Waals surface area contributed by atoms with Crippen molar-refractivity contribution in [1.82, 2.24) is 20.1 Å². The minimum atomic E-state index is 0. The molecule has 2 rings (SSSR count). The summed E-state index contributed by atoms with van der Waals surface area (Å²) >= 11 is 11.9. The molecule has 0 spiro atoms. The maximum Gasteiger partial charge on any atom is 0.219 e. The number of hydrogen-bond donors (Lipinski definition) is 2. The van der Waals surface area contributed by atoms with Crippen molar-refractivity contribution in [3.8, 4) is 0 Å². The topological polar surface area (TPSA) is 72.9 Å². The van der Waals surface area contributed by atoms with Gasteiger partial charge in [-0.15, -0.1) is 24.0 Å². The molecule has 1 aromatic rings. The summed E-state index contributed by atoms with van der Waals surface area (Å²) < 4.78 is 0. The fraction of sp³-hybridized carbons (Fsp3) is 0.533. The second-order valence-corrected chi connectivity index (χ2v) is 6.22. The lowest BCUT2D eigenvalue weighted by Gasteiger charge is -2.36. The molecule has 1 saturated heterocycles. The average molecular weight is 501 g/mol. The van der Waals surface area contributed by atoms with Gasteiger partial charge in [-0.05, 0) is 6.07 Å². The van der Waals surface area contributed by atoms with Gasteiger partial charge in [0.2, 0.25) is 5.91 Å². The van der Waals surface area contributed by atoms with Crippen LogP contribution >= 0.6 is 47.2 Å². The highest BCUT2D eigenvalue weighted by molar-refractivity contribution is 14.0. The second-order valence-electron chi connectivity index (χ2n) is 5.38. The summed E-state index contributed by atoms with van der Waals surface area (Å²) in [7, 11) is 1.75. The first-order chi connectivity index (χ1) is 11.5. The molecule has 140 valence electrons. The molecule has 1 aliphatic rings. The predicted molar refractivity (Wildman–Crippen MR) is 113 cm³/mol. The fourth-order valence-corrected chi connectivity index (χ4v) is 2.91. The molecule has 1 aromatic heterocycles. The van der Waals surface area contributed by atoms with Crippen molar-refractivity contribution < 1.29 is 4.79 Å². The molecule has 25 heavy (non-hydrogen) atoms. The molecule has 0 atom stereocenters. The lowest BCUT2D eigenvalue weighted by Crippen LogP contribution is -2.53. The van der Waals surface area contributed by atoms with Crippen molar-refractivity contribution in [2.45, 2.75) is 6.92 Å². The van der Waals surface area contributed by atoms with Gasteiger partial charge in [-0.3, -0.25) is 9.79 Å². The summed E-state index contributed by atoms with van der Waals surface area (Å²) in [4.78, 5) is 23.8. The van der Waals surface area contributed by atoms with Crippen molar-refractivity contribution in [2.24, 2.45) is 4.99 Å². The summed E-state index contributed by atoms with van der Waals surface area (Å²) in [6.45, 7) is 5.90. The molecule has 0 bridgehead atoms. The second kappa shape index (κ2) is 10.9. The molecular weight excluding hydrogens is 478 g/mol. The maximum atomic E-state index is 11.4. The first kappa shape index (κ1) is 22.0. The first-order valence-electron chi connectivity index (χ1n) is 7.77. The predicted octanol–water partition coefficient (Wildman–Crippen LogP) is 2.16. The molecule has 0 aliphatic carbocycles. The zero-order valence-electron chi connectivity index (χ0n) is 14.3. The van der Waals surface area contributed by atoms with Crippen LogP contribution in [0, 0.1) is 0 Å². The van der Waals surface area contributed by atoms with Gasteiger partial charge >= 0.3 is 0 Å². The van der Waals surface area contributed by atoms with Crippen molar-refractivity contribution in [3.05, 3.63) is 22.3 Å². The van der Waals surface area contributed by atoms with E-state index in [4.69, 9.17) is 23.2 Å². The van der Waals surface area contributed by atoms with Gasteiger partial charge < -0.3 is 20.4 Å². The van der Waals surface area contributed by atoms with Gasteiger partial charge in [-0.2, -0.15) is 0 Å². The Morgan fingerprint density at radius 3 is 2.44 bits per heavy atom. The molecule has 1 fully saturated rings. The van der Waals surface area contributed by atoms with E-state index in [0.717, 1.165) is 32.1 Å². The Balaban J connectivity index is 0.00000312. The fourth-order valence-electron chi connectivity index (χ4n) is 2.47. The minimum absolute atomic E-state index is 0. The van der Waals surface area contributed by atoms with Crippen molar-refractivity contribution in [3.63, 3.8) is 0 Å². The summed E-state index contributed by atoms with van der Waals surface area (Å²) in [6, 6.07) is 1.65. The zero-order valence-corrected chi connectivity index (χ0v) is 18.1. The van der Waals surface area contributed by atoms with Crippen LogP contribution < -0.4 is 10.6 Å².